The second kappa shape index (κ2) is 6.15. The lowest BCUT2D eigenvalue weighted by Gasteiger charge is -2.13. The van der Waals surface area contributed by atoms with Crippen LogP contribution >= 0.6 is 0 Å². The second-order valence-electron chi connectivity index (χ2n) is 6.36. The van der Waals surface area contributed by atoms with E-state index < -0.39 is 0 Å². The number of aromatic amines is 1. The highest BCUT2D eigenvalue weighted by atomic mass is 16.5. The van der Waals surface area contributed by atoms with Crippen molar-refractivity contribution in [2.24, 2.45) is 0 Å². The number of benzene rings is 1. The van der Waals surface area contributed by atoms with Gasteiger partial charge in [0.25, 0.3) is 5.56 Å². The number of aryl methyl sites for hydroxylation is 1. The Labute approximate surface area is 140 Å². The predicted molar refractivity (Wildman–Crippen MR) is 95.6 cm³/mol. The Hall–Kier alpha value is -2.56. The predicted octanol–water partition coefficient (Wildman–Crippen LogP) is 3.78. The van der Waals surface area contributed by atoms with E-state index in [9.17, 15) is 4.79 Å². The molecule has 0 aliphatic heterocycles. The molecular formula is C19H21N3O2. The van der Waals surface area contributed by atoms with E-state index in [2.05, 4.69) is 16.0 Å². The van der Waals surface area contributed by atoms with Crippen molar-refractivity contribution >= 4 is 21.9 Å². The Morgan fingerprint density at radius 3 is 3.04 bits per heavy atom. The summed E-state index contributed by atoms with van der Waals surface area (Å²) in [6.07, 6.45) is 9.82. The molecule has 0 saturated heterocycles. The van der Waals surface area contributed by atoms with Crippen molar-refractivity contribution in [2.45, 2.75) is 38.6 Å². The molecule has 1 aliphatic rings. The minimum atomic E-state index is -0.00780. The Morgan fingerprint density at radius 1 is 1.33 bits per heavy atom. The van der Waals surface area contributed by atoms with Gasteiger partial charge in [-0.15, -0.1) is 0 Å². The average molecular weight is 323 g/mol. The lowest BCUT2D eigenvalue weighted by atomic mass is 9.97. The normalized spacial score (nSPS) is 15.0. The Balaban J connectivity index is 1.71. The molecule has 0 saturated carbocycles. The summed E-state index contributed by atoms with van der Waals surface area (Å²) in [7, 11) is 1.64. The van der Waals surface area contributed by atoms with Gasteiger partial charge in [-0.2, -0.15) is 0 Å². The quantitative estimate of drug-likeness (QED) is 0.743. The number of nitrogens with zero attached hydrogens (tertiary/aromatic N) is 2. The molecule has 3 aromatic rings. The summed E-state index contributed by atoms with van der Waals surface area (Å²) in [6, 6.07) is 5.72. The third kappa shape index (κ3) is 2.60. The molecule has 5 nitrogen and oxygen atoms in total. The minimum absolute atomic E-state index is 0.00780. The number of ether oxygens (including phenoxy) is 1. The first-order valence-electron chi connectivity index (χ1n) is 8.49. The zero-order chi connectivity index (χ0) is 16.5. The van der Waals surface area contributed by atoms with E-state index in [1.165, 1.54) is 24.8 Å². The van der Waals surface area contributed by atoms with Crippen LogP contribution in [-0.4, -0.2) is 21.6 Å². The number of fused-ring (bicyclic) bond motifs is 3. The van der Waals surface area contributed by atoms with E-state index in [1.54, 1.807) is 18.0 Å². The first-order chi connectivity index (χ1) is 11.8. The lowest BCUT2D eigenvalue weighted by Crippen LogP contribution is -2.21. The Bertz CT molecular complexity index is 981. The van der Waals surface area contributed by atoms with Crippen LogP contribution in [0.5, 0.6) is 5.75 Å². The third-order valence-electron chi connectivity index (χ3n) is 4.84. The number of hydrogen-bond donors (Lipinski definition) is 1. The van der Waals surface area contributed by atoms with Gasteiger partial charge in [0.2, 0.25) is 0 Å². The summed E-state index contributed by atoms with van der Waals surface area (Å²) >= 11 is 0. The highest BCUT2D eigenvalue weighted by Gasteiger charge is 2.12. The van der Waals surface area contributed by atoms with Gasteiger partial charge in [0.05, 0.1) is 13.4 Å². The van der Waals surface area contributed by atoms with Crippen LogP contribution < -0.4 is 10.3 Å². The fourth-order valence-electron chi connectivity index (χ4n) is 3.45. The topological polar surface area (TPSA) is 59.9 Å². The summed E-state index contributed by atoms with van der Waals surface area (Å²) in [5, 5.41) is 0.920. The van der Waals surface area contributed by atoms with E-state index in [0.717, 1.165) is 29.5 Å². The van der Waals surface area contributed by atoms with Gasteiger partial charge in [-0.1, -0.05) is 11.6 Å². The molecule has 0 bridgehead atoms. The molecule has 0 amide bonds. The van der Waals surface area contributed by atoms with Gasteiger partial charge in [-0.05, 0) is 50.3 Å². The highest BCUT2D eigenvalue weighted by Crippen LogP contribution is 2.26. The van der Waals surface area contributed by atoms with Gasteiger partial charge in [0.1, 0.15) is 16.8 Å². The van der Waals surface area contributed by atoms with Crippen LogP contribution in [0.25, 0.3) is 21.9 Å². The molecule has 0 atom stereocenters. The average Bonchev–Trinajstić information content (AvgIpc) is 3.00. The number of aromatic nitrogens is 3. The van der Waals surface area contributed by atoms with Gasteiger partial charge in [-0.3, -0.25) is 9.36 Å². The van der Waals surface area contributed by atoms with Crippen molar-refractivity contribution in [3.8, 4) is 5.75 Å². The van der Waals surface area contributed by atoms with Crippen LogP contribution in [0.3, 0.4) is 0 Å². The van der Waals surface area contributed by atoms with Crippen molar-refractivity contribution in [3.05, 3.63) is 46.5 Å². The van der Waals surface area contributed by atoms with Gasteiger partial charge >= 0.3 is 0 Å². The number of nitrogens with one attached hydrogen (secondary N) is 1. The zero-order valence-corrected chi connectivity index (χ0v) is 13.8. The highest BCUT2D eigenvalue weighted by molar-refractivity contribution is 6.04. The summed E-state index contributed by atoms with van der Waals surface area (Å²) in [4.78, 5) is 20.5. The molecule has 4 rings (SSSR count). The number of rotatable bonds is 4. The van der Waals surface area contributed by atoms with Crippen molar-refractivity contribution < 1.29 is 4.74 Å². The smallest absolute Gasteiger partial charge is 0.277 e. The molecular weight excluding hydrogens is 302 g/mol. The Kier molecular flexibility index (Phi) is 3.84. The van der Waals surface area contributed by atoms with Crippen LogP contribution in [0.1, 0.15) is 32.1 Å². The maximum Gasteiger partial charge on any atom is 0.277 e. The fraction of sp³-hybridized carbons (Fsp3) is 0.368. The van der Waals surface area contributed by atoms with Crippen LogP contribution in [0.4, 0.5) is 0 Å². The fourth-order valence-corrected chi connectivity index (χ4v) is 3.45. The molecule has 0 unspecified atom stereocenters. The molecule has 1 N–H and O–H groups in total. The van der Waals surface area contributed by atoms with E-state index in [0.29, 0.717) is 17.6 Å². The second-order valence-corrected chi connectivity index (χ2v) is 6.36. The van der Waals surface area contributed by atoms with Crippen molar-refractivity contribution in [1.29, 1.82) is 0 Å². The SMILES string of the molecule is COc1ccc2[nH]c3c(=O)n(CCC4=CCCCC4)cnc3c2c1. The Morgan fingerprint density at radius 2 is 2.25 bits per heavy atom. The maximum atomic E-state index is 12.8. The minimum Gasteiger partial charge on any atom is -0.497 e. The zero-order valence-electron chi connectivity index (χ0n) is 13.8. The first-order valence-corrected chi connectivity index (χ1v) is 8.49. The van der Waals surface area contributed by atoms with E-state index in [4.69, 9.17) is 4.74 Å². The van der Waals surface area contributed by atoms with Crippen molar-refractivity contribution in [2.75, 3.05) is 7.11 Å². The summed E-state index contributed by atoms with van der Waals surface area (Å²) < 4.78 is 6.98. The molecule has 1 aliphatic carbocycles. The van der Waals surface area contributed by atoms with E-state index in [-0.39, 0.29) is 5.56 Å². The van der Waals surface area contributed by atoms with Gasteiger partial charge < -0.3 is 9.72 Å². The van der Waals surface area contributed by atoms with Gasteiger partial charge in [0.15, 0.2) is 0 Å². The number of H-pyrrole nitrogens is 1. The molecule has 2 heterocycles. The van der Waals surface area contributed by atoms with Crippen molar-refractivity contribution in [3.63, 3.8) is 0 Å². The van der Waals surface area contributed by atoms with Crippen LogP contribution in [-0.2, 0) is 6.54 Å². The maximum absolute atomic E-state index is 12.8. The van der Waals surface area contributed by atoms with E-state index >= 15 is 0 Å². The molecule has 24 heavy (non-hydrogen) atoms. The molecule has 0 fully saturated rings. The largest absolute Gasteiger partial charge is 0.497 e. The molecule has 5 heteroatoms. The molecule has 0 radical (unpaired) electrons. The van der Waals surface area contributed by atoms with Crippen LogP contribution in [0.15, 0.2) is 41.0 Å². The molecule has 2 aromatic heterocycles. The van der Waals surface area contributed by atoms with Crippen LogP contribution in [0, 0.1) is 0 Å². The van der Waals surface area contributed by atoms with Crippen LogP contribution in [0.2, 0.25) is 0 Å². The number of hydrogen-bond acceptors (Lipinski definition) is 3. The summed E-state index contributed by atoms with van der Waals surface area (Å²) in [6.45, 7) is 0.687. The summed E-state index contributed by atoms with van der Waals surface area (Å²) in [5.41, 5.74) is 3.64. The van der Waals surface area contributed by atoms with Gasteiger partial charge in [0, 0.05) is 17.4 Å². The molecule has 0 spiro atoms. The van der Waals surface area contributed by atoms with Crippen molar-refractivity contribution in [1.82, 2.24) is 14.5 Å². The first kappa shape index (κ1) is 15.0. The monoisotopic (exact) mass is 323 g/mol. The lowest BCUT2D eigenvalue weighted by molar-refractivity contribution is 0.415. The van der Waals surface area contributed by atoms with Gasteiger partial charge in [-0.25, -0.2) is 4.98 Å². The third-order valence-corrected chi connectivity index (χ3v) is 4.84. The summed E-state index contributed by atoms with van der Waals surface area (Å²) in [5.74, 6) is 0.763. The molecule has 124 valence electrons. The number of allylic oxidation sites excluding steroid dienone is 2. The standard InChI is InChI=1S/C19H21N3O2/c1-24-14-7-8-16-15(11-14)17-18(21-16)19(23)22(12-20-17)10-9-13-5-3-2-4-6-13/h5,7-8,11-12,21H,2-4,6,9-10H2,1H3. The number of methoxy groups -OCH3 is 1. The molecule has 1 aromatic carbocycles. The van der Waals surface area contributed by atoms with E-state index in [1.807, 2.05) is 18.2 Å².